The number of carboxylic acids is 1. The van der Waals surface area contributed by atoms with Gasteiger partial charge < -0.3 is 5.11 Å². The number of hydrogen-bond acceptors (Lipinski definition) is 4. The van der Waals surface area contributed by atoms with E-state index >= 15 is 0 Å². The number of carbonyl (C=O) groups excluding carboxylic acids is 1. The van der Waals surface area contributed by atoms with Crippen molar-refractivity contribution in [2.45, 2.75) is 6.04 Å². The molecule has 0 aliphatic carbocycles. The van der Waals surface area contributed by atoms with Crippen LogP contribution in [0.25, 0.3) is 0 Å². The molecule has 0 aromatic heterocycles. The third kappa shape index (κ3) is 1.27. The second-order valence-corrected chi connectivity index (χ2v) is 2.18. The molecule has 1 atom stereocenters. The first-order valence-electron chi connectivity index (χ1n) is 2.65. The predicted octanol–water partition coefficient (Wildman–Crippen LogP) is 0.555. The molecule has 0 aromatic carbocycles. The van der Waals surface area contributed by atoms with Crippen LogP contribution in [0.3, 0.4) is 0 Å². The van der Waals surface area contributed by atoms with Crippen molar-refractivity contribution >= 4 is 23.9 Å². The van der Waals surface area contributed by atoms with Crippen LogP contribution in [-0.4, -0.2) is 23.4 Å². The van der Waals surface area contributed by atoms with Crippen LogP contribution in [0.5, 0.6) is 0 Å². The first-order chi connectivity index (χ1) is 5.16. The maximum absolute atomic E-state index is 10.3. The Morgan fingerprint density at radius 3 is 2.73 bits per heavy atom. The summed E-state index contributed by atoms with van der Waals surface area (Å²) in [4.78, 5) is 20.5. The van der Waals surface area contributed by atoms with Crippen LogP contribution in [0.2, 0.25) is 0 Å². The molecule has 5 nitrogen and oxygen atoms in total. The molecule has 6 heteroatoms. The van der Waals surface area contributed by atoms with Crippen molar-refractivity contribution in [3.05, 3.63) is 10.7 Å². The molecule has 1 heterocycles. The highest BCUT2D eigenvalue weighted by Gasteiger charge is 2.28. The van der Waals surface area contributed by atoms with Crippen LogP contribution >= 0.6 is 11.6 Å². The quantitative estimate of drug-likeness (QED) is 0.491. The lowest BCUT2D eigenvalue weighted by atomic mass is 10.1. The van der Waals surface area contributed by atoms with Crippen LogP contribution in [0.1, 0.15) is 0 Å². The molecule has 1 aliphatic heterocycles. The van der Waals surface area contributed by atoms with E-state index in [4.69, 9.17) is 16.7 Å². The molecular formula is C5H3ClN2O3. The standard InChI is InChI=1S/C5H3ClN2O3/c6-4-2(1-9)3(5(10)11)7-8-4/h1,3H,(H,10,11)/t3-/m1/s1. The van der Waals surface area contributed by atoms with Crippen molar-refractivity contribution in [1.29, 1.82) is 0 Å². The summed E-state index contributed by atoms with van der Waals surface area (Å²) in [5, 5.41) is 14.8. The van der Waals surface area contributed by atoms with Gasteiger partial charge in [-0.05, 0) is 0 Å². The number of rotatable bonds is 2. The van der Waals surface area contributed by atoms with Crippen LogP contribution < -0.4 is 0 Å². The maximum atomic E-state index is 10.3. The first kappa shape index (κ1) is 7.87. The van der Waals surface area contributed by atoms with E-state index in [1.807, 2.05) is 0 Å². The van der Waals surface area contributed by atoms with Gasteiger partial charge in [0.05, 0.1) is 5.57 Å². The predicted molar refractivity (Wildman–Crippen MR) is 35.2 cm³/mol. The number of carbonyl (C=O) groups is 2. The molecule has 0 saturated heterocycles. The van der Waals surface area contributed by atoms with Gasteiger partial charge in [-0.15, -0.1) is 5.11 Å². The van der Waals surface area contributed by atoms with E-state index in [-0.39, 0.29) is 10.7 Å². The fourth-order valence-corrected chi connectivity index (χ4v) is 0.828. The average Bonchev–Trinajstić information content (AvgIpc) is 2.30. The maximum Gasteiger partial charge on any atom is 0.335 e. The third-order valence-corrected chi connectivity index (χ3v) is 1.45. The molecule has 0 radical (unpaired) electrons. The minimum atomic E-state index is -1.23. The fourth-order valence-electron chi connectivity index (χ4n) is 0.637. The number of halogens is 1. The molecule has 0 amide bonds. The van der Waals surface area contributed by atoms with Crippen molar-refractivity contribution < 1.29 is 14.7 Å². The van der Waals surface area contributed by atoms with Crippen molar-refractivity contribution in [3.8, 4) is 0 Å². The van der Waals surface area contributed by atoms with Gasteiger partial charge in [0, 0.05) is 0 Å². The zero-order valence-corrected chi connectivity index (χ0v) is 5.95. The first-order valence-corrected chi connectivity index (χ1v) is 3.03. The minimum Gasteiger partial charge on any atom is -0.479 e. The summed E-state index contributed by atoms with van der Waals surface area (Å²) in [6.07, 6.45) is 0.348. The van der Waals surface area contributed by atoms with Gasteiger partial charge in [0.1, 0.15) is 0 Å². The normalized spacial score (nSPS) is 22.5. The number of hydrogen-bond donors (Lipinski definition) is 1. The van der Waals surface area contributed by atoms with Crippen LogP contribution in [-0.2, 0) is 9.59 Å². The van der Waals surface area contributed by atoms with Crippen molar-refractivity contribution in [1.82, 2.24) is 0 Å². The van der Waals surface area contributed by atoms with E-state index in [1.54, 1.807) is 0 Å². The number of nitrogens with zero attached hydrogens (tertiary/aromatic N) is 2. The highest BCUT2D eigenvalue weighted by atomic mass is 35.5. The number of aldehydes is 1. The van der Waals surface area contributed by atoms with Gasteiger partial charge in [-0.2, -0.15) is 5.11 Å². The molecule has 1 rings (SSSR count). The lowest BCUT2D eigenvalue weighted by molar-refractivity contribution is -0.137. The summed E-state index contributed by atoms with van der Waals surface area (Å²) in [5.74, 6) is -1.23. The van der Waals surface area contributed by atoms with Gasteiger partial charge in [0.25, 0.3) is 0 Å². The van der Waals surface area contributed by atoms with E-state index < -0.39 is 12.0 Å². The SMILES string of the molecule is O=CC1=C(Cl)N=N[C@H]1C(=O)O. The monoisotopic (exact) mass is 174 g/mol. The highest BCUT2D eigenvalue weighted by molar-refractivity contribution is 6.31. The summed E-state index contributed by atoms with van der Waals surface area (Å²) in [6.45, 7) is 0. The molecule has 11 heavy (non-hydrogen) atoms. The smallest absolute Gasteiger partial charge is 0.335 e. The Hall–Kier alpha value is -1.23. The molecule has 1 aliphatic rings. The van der Waals surface area contributed by atoms with E-state index in [9.17, 15) is 9.59 Å². The van der Waals surface area contributed by atoms with Gasteiger partial charge >= 0.3 is 5.97 Å². The fraction of sp³-hybridized carbons (Fsp3) is 0.200. The summed E-state index contributed by atoms with van der Waals surface area (Å²) in [5.41, 5.74) is -0.0980. The summed E-state index contributed by atoms with van der Waals surface area (Å²) >= 11 is 5.34. The Morgan fingerprint density at radius 1 is 1.73 bits per heavy atom. The van der Waals surface area contributed by atoms with E-state index in [0.717, 1.165) is 0 Å². The van der Waals surface area contributed by atoms with E-state index in [0.29, 0.717) is 6.29 Å². The topological polar surface area (TPSA) is 79.1 Å². The minimum absolute atomic E-state index is 0.0980. The zero-order chi connectivity index (χ0) is 8.43. The summed E-state index contributed by atoms with van der Waals surface area (Å²) < 4.78 is 0. The molecule has 0 bridgehead atoms. The third-order valence-electron chi connectivity index (χ3n) is 1.15. The number of carboxylic acid groups (broad SMARTS) is 1. The highest BCUT2D eigenvalue weighted by Crippen LogP contribution is 2.23. The molecule has 0 fully saturated rings. The lowest BCUT2D eigenvalue weighted by Crippen LogP contribution is -2.18. The van der Waals surface area contributed by atoms with Crippen LogP contribution in [0.15, 0.2) is 21.0 Å². The van der Waals surface area contributed by atoms with Crippen LogP contribution in [0.4, 0.5) is 0 Å². The molecule has 0 spiro atoms. The van der Waals surface area contributed by atoms with E-state index in [1.165, 1.54) is 0 Å². The Morgan fingerprint density at radius 2 is 2.36 bits per heavy atom. The number of aliphatic carboxylic acids is 1. The van der Waals surface area contributed by atoms with Gasteiger partial charge in [-0.25, -0.2) is 4.79 Å². The van der Waals surface area contributed by atoms with Gasteiger partial charge in [-0.1, -0.05) is 11.6 Å². The molecule has 1 N–H and O–H groups in total. The summed E-state index contributed by atoms with van der Waals surface area (Å²) in [6, 6.07) is -1.22. The molecule has 0 saturated carbocycles. The Bertz CT molecular complexity index is 271. The molecule has 0 unspecified atom stereocenters. The number of azo groups is 1. The van der Waals surface area contributed by atoms with Crippen molar-refractivity contribution in [2.75, 3.05) is 0 Å². The van der Waals surface area contributed by atoms with Gasteiger partial charge in [0.2, 0.25) is 0 Å². The van der Waals surface area contributed by atoms with Crippen molar-refractivity contribution in [3.63, 3.8) is 0 Å². The van der Waals surface area contributed by atoms with Crippen molar-refractivity contribution in [2.24, 2.45) is 10.2 Å². The average molecular weight is 175 g/mol. The lowest BCUT2D eigenvalue weighted by Gasteiger charge is -1.96. The summed E-state index contributed by atoms with van der Waals surface area (Å²) in [7, 11) is 0. The Balaban J connectivity index is 2.97. The Labute approximate surface area is 66.4 Å². The van der Waals surface area contributed by atoms with Crippen LogP contribution in [0, 0.1) is 0 Å². The van der Waals surface area contributed by atoms with Gasteiger partial charge in [0.15, 0.2) is 17.5 Å². The Kier molecular flexibility index (Phi) is 2.00. The second kappa shape index (κ2) is 2.79. The van der Waals surface area contributed by atoms with Gasteiger partial charge in [-0.3, -0.25) is 4.79 Å². The zero-order valence-electron chi connectivity index (χ0n) is 5.19. The van der Waals surface area contributed by atoms with E-state index in [2.05, 4.69) is 10.2 Å². The molecular weight excluding hydrogens is 172 g/mol. The molecule has 0 aromatic rings. The largest absolute Gasteiger partial charge is 0.479 e. The molecule has 58 valence electrons. The second-order valence-electron chi connectivity index (χ2n) is 1.82.